The summed E-state index contributed by atoms with van der Waals surface area (Å²) in [5.41, 5.74) is 0. The van der Waals surface area contributed by atoms with Crippen LogP contribution in [0.1, 0.15) is 41.5 Å². The van der Waals surface area contributed by atoms with Crippen LogP contribution in [0.5, 0.6) is 0 Å². The molecule has 0 amide bonds. The van der Waals surface area contributed by atoms with E-state index in [0.717, 1.165) is 0 Å². The summed E-state index contributed by atoms with van der Waals surface area (Å²) >= 11 is 0. The number of alkyl halides is 9. The molecule has 0 saturated carbocycles. The summed E-state index contributed by atoms with van der Waals surface area (Å²) < 4.78 is 140. The molecule has 0 spiro atoms. The van der Waals surface area contributed by atoms with Gasteiger partial charge in [-0.05, 0) is 41.5 Å². The number of ether oxygens (including phenoxy) is 3. The lowest BCUT2D eigenvalue weighted by Crippen LogP contribution is -2.50. The fourth-order valence-corrected chi connectivity index (χ4v) is 1.33. The zero-order valence-electron chi connectivity index (χ0n) is 15.4. The van der Waals surface area contributed by atoms with Gasteiger partial charge in [0.2, 0.25) is 17.6 Å². The third-order valence-electron chi connectivity index (χ3n) is 1.78. The van der Waals surface area contributed by atoms with E-state index >= 15 is 0 Å². The molecule has 0 aromatic heterocycles. The summed E-state index contributed by atoms with van der Waals surface area (Å²) in [6.45, 7) is 2.55. The molecule has 6 nitrogen and oxygen atoms in total. The van der Waals surface area contributed by atoms with Gasteiger partial charge >= 0.3 is 26.2 Å². The third-order valence-corrected chi connectivity index (χ3v) is 1.78. The van der Waals surface area contributed by atoms with Crippen molar-refractivity contribution in [2.75, 3.05) is 0 Å². The second-order valence-electron chi connectivity index (χ2n) is 6.43. The summed E-state index contributed by atoms with van der Waals surface area (Å²) in [7, 11) is -3.83. The molecule has 16 heteroatoms. The molecule has 0 fully saturated rings. The molecular formula is C12H18BF9O6. The number of hydrogen-bond donors (Lipinski definition) is 0. The predicted molar refractivity (Wildman–Crippen MR) is 72.7 cm³/mol. The van der Waals surface area contributed by atoms with Gasteiger partial charge in [0, 0.05) is 0 Å². The molecule has 28 heavy (non-hydrogen) atoms. The first-order valence-corrected chi connectivity index (χ1v) is 7.25. The second kappa shape index (κ2) is 8.51. The molecule has 0 aliphatic rings. The topological polar surface area (TPSA) is 55.4 Å². The van der Waals surface area contributed by atoms with Crippen LogP contribution in [0.3, 0.4) is 0 Å². The first-order valence-electron chi connectivity index (χ1n) is 7.25. The van der Waals surface area contributed by atoms with Crippen LogP contribution in [0.15, 0.2) is 0 Å². The van der Waals surface area contributed by atoms with Gasteiger partial charge in [0.05, 0.1) is 0 Å². The Bertz CT molecular complexity index is 430. The fourth-order valence-electron chi connectivity index (χ4n) is 1.33. The maximum atomic E-state index is 13.4. The van der Waals surface area contributed by atoms with Crippen molar-refractivity contribution in [1.82, 2.24) is 0 Å². The molecule has 0 aliphatic carbocycles. The molecule has 0 aromatic rings. The normalized spacial score (nSPS) is 15.1. The van der Waals surface area contributed by atoms with E-state index in [0.29, 0.717) is 41.5 Å². The Morgan fingerprint density at radius 1 is 0.429 bits per heavy atom. The zero-order chi connectivity index (χ0) is 22.8. The molecule has 0 bridgehead atoms. The van der Waals surface area contributed by atoms with Crippen LogP contribution < -0.4 is 0 Å². The van der Waals surface area contributed by atoms with Crippen molar-refractivity contribution < 1.29 is 67.7 Å². The quantitative estimate of drug-likeness (QED) is 0.246. The van der Waals surface area contributed by atoms with Gasteiger partial charge in [-0.25, -0.2) is 13.2 Å². The minimum Gasteiger partial charge on any atom is -0.301 e. The van der Waals surface area contributed by atoms with Gasteiger partial charge < -0.3 is 14.0 Å². The van der Waals surface area contributed by atoms with Crippen molar-refractivity contribution in [1.29, 1.82) is 0 Å². The first kappa shape index (κ1) is 27.2. The van der Waals surface area contributed by atoms with Crippen molar-refractivity contribution in [3.8, 4) is 0 Å². The summed E-state index contributed by atoms with van der Waals surface area (Å²) in [6, 6.07) is 0. The van der Waals surface area contributed by atoms with E-state index in [2.05, 4.69) is 28.2 Å². The Kier molecular flexibility index (Phi) is 8.27. The Hall–Kier alpha value is -0.805. The van der Waals surface area contributed by atoms with Gasteiger partial charge in [0.15, 0.2) is 0 Å². The van der Waals surface area contributed by atoms with E-state index in [4.69, 9.17) is 0 Å². The van der Waals surface area contributed by atoms with Gasteiger partial charge in [0.25, 0.3) is 0 Å². The summed E-state index contributed by atoms with van der Waals surface area (Å²) in [5.74, 6) is -9.43. The highest BCUT2D eigenvalue weighted by Gasteiger charge is 2.55. The van der Waals surface area contributed by atoms with Crippen molar-refractivity contribution in [3.63, 3.8) is 0 Å². The Balaban J connectivity index is 5.54. The van der Waals surface area contributed by atoms with Crippen molar-refractivity contribution >= 4 is 7.32 Å². The van der Waals surface area contributed by atoms with Crippen molar-refractivity contribution in [3.05, 3.63) is 0 Å². The van der Waals surface area contributed by atoms with E-state index in [1.54, 1.807) is 0 Å². The summed E-state index contributed by atoms with van der Waals surface area (Å²) in [4.78, 5) is 0. The van der Waals surface area contributed by atoms with Crippen LogP contribution in [0.4, 0.5) is 39.5 Å². The largest absolute Gasteiger partial charge is 0.658 e. The molecule has 0 radical (unpaired) electrons. The molecule has 0 unspecified atom stereocenters. The maximum absolute atomic E-state index is 13.4. The molecule has 0 atom stereocenters. The van der Waals surface area contributed by atoms with Gasteiger partial charge in [0.1, 0.15) is 0 Å². The number of hydrogen-bond acceptors (Lipinski definition) is 6. The summed E-state index contributed by atoms with van der Waals surface area (Å²) in [5, 5.41) is 0. The maximum Gasteiger partial charge on any atom is 0.658 e. The highest BCUT2D eigenvalue weighted by molar-refractivity contribution is 6.36. The third kappa shape index (κ3) is 14.2. The van der Waals surface area contributed by atoms with Gasteiger partial charge in [-0.1, -0.05) is 0 Å². The van der Waals surface area contributed by atoms with E-state index in [1.165, 1.54) is 0 Å². The molecule has 0 aromatic carbocycles. The van der Waals surface area contributed by atoms with E-state index in [9.17, 15) is 39.5 Å². The van der Waals surface area contributed by atoms with Crippen LogP contribution in [-0.4, -0.2) is 43.8 Å². The van der Waals surface area contributed by atoms with E-state index < -0.39 is 43.8 Å². The highest BCUT2D eigenvalue weighted by atomic mass is 19.3. The van der Waals surface area contributed by atoms with Crippen molar-refractivity contribution in [2.24, 2.45) is 0 Å². The zero-order valence-corrected chi connectivity index (χ0v) is 15.4. The molecule has 0 N–H and O–H groups in total. The lowest BCUT2D eigenvalue weighted by molar-refractivity contribution is -0.459. The molecule has 0 saturated heterocycles. The molecule has 0 heterocycles. The lowest BCUT2D eigenvalue weighted by atomic mass is 10.2. The van der Waals surface area contributed by atoms with Crippen LogP contribution >= 0.6 is 0 Å². The van der Waals surface area contributed by atoms with E-state index in [1.807, 2.05) is 0 Å². The fraction of sp³-hybridized carbons (Fsp3) is 1.00. The van der Waals surface area contributed by atoms with Crippen LogP contribution in [0, 0.1) is 0 Å². The van der Waals surface area contributed by atoms with Crippen LogP contribution in [-0.2, 0) is 28.2 Å². The van der Waals surface area contributed by atoms with Crippen LogP contribution in [0.2, 0.25) is 0 Å². The van der Waals surface area contributed by atoms with Crippen LogP contribution in [0.25, 0.3) is 0 Å². The van der Waals surface area contributed by atoms with Gasteiger partial charge in [-0.15, -0.1) is 26.3 Å². The summed E-state index contributed by atoms with van der Waals surface area (Å²) in [6.07, 6.45) is -15.6. The first-order chi connectivity index (χ1) is 11.9. The minimum absolute atomic E-state index is 0.424. The number of rotatable bonds is 12. The standard InChI is InChI=1S/C12H18BF9O6/c1-7(2,14)23-10(17,18)26-13(27-11(19,20)24-8(3,4)15)28-12(21,22)25-9(5,6)16/h1-6H3. The Labute approximate surface area is 154 Å². The average Bonchev–Trinajstić information content (AvgIpc) is 2.12. The Morgan fingerprint density at radius 2 is 0.607 bits per heavy atom. The minimum atomic E-state index is -5.19. The molecule has 0 rings (SSSR count). The monoisotopic (exact) mass is 440 g/mol. The van der Waals surface area contributed by atoms with Crippen molar-refractivity contribution in [2.45, 2.75) is 78.0 Å². The van der Waals surface area contributed by atoms with Gasteiger partial charge in [-0.2, -0.15) is 0 Å². The van der Waals surface area contributed by atoms with Gasteiger partial charge in [-0.3, -0.25) is 14.2 Å². The average molecular weight is 440 g/mol. The number of halogens is 9. The van der Waals surface area contributed by atoms with E-state index in [-0.39, 0.29) is 0 Å². The molecule has 0 aliphatic heterocycles. The Morgan fingerprint density at radius 3 is 0.750 bits per heavy atom. The molecular weight excluding hydrogens is 422 g/mol. The molecule has 168 valence electrons. The second-order valence-corrected chi connectivity index (χ2v) is 6.43. The smallest absolute Gasteiger partial charge is 0.301 e. The predicted octanol–water partition coefficient (Wildman–Crippen LogP) is 4.84. The highest BCUT2D eigenvalue weighted by Crippen LogP contribution is 2.34. The SMILES string of the molecule is CC(C)(F)OC(F)(F)OB(OC(F)(F)OC(C)(C)F)OC(F)(F)OC(C)(C)F. The lowest BCUT2D eigenvalue weighted by Gasteiger charge is -2.30.